The number of carbonyl (C=O) groups is 1. The van der Waals surface area contributed by atoms with Crippen LogP contribution in [0.15, 0.2) is 29.2 Å². The maximum atomic E-state index is 11.4. The molecule has 0 atom stereocenters. The van der Waals surface area contributed by atoms with E-state index < -0.39 is 4.33 Å². The molecule has 0 heterocycles. The van der Waals surface area contributed by atoms with Gasteiger partial charge in [-0.2, -0.15) is 0 Å². The average Bonchev–Trinajstić information content (AvgIpc) is 2.07. The molecule has 76 valence electrons. The first-order valence-electron chi connectivity index (χ1n) is 3.75. The van der Waals surface area contributed by atoms with Crippen LogP contribution in [0.1, 0.15) is 6.92 Å². The molecule has 0 saturated carbocycles. The predicted molar refractivity (Wildman–Crippen MR) is 62.4 cm³/mol. The van der Waals surface area contributed by atoms with Crippen molar-refractivity contribution in [1.29, 1.82) is 0 Å². The van der Waals surface area contributed by atoms with Crippen LogP contribution >= 0.6 is 46.6 Å². The van der Waals surface area contributed by atoms with E-state index in [9.17, 15) is 4.79 Å². The Labute approximate surface area is 102 Å². The molecule has 0 aromatic heterocycles. The smallest absolute Gasteiger partial charge is 0.229 e. The predicted octanol–water partition coefficient (Wildman–Crippen LogP) is 4.15. The number of benzene rings is 1. The molecule has 0 N–H and O–H groups in total. The number of hydrogen-bond donors (Lipinski definition) is 0. The SMILES string of the molecule is CC(Cl)(Cl)C(=O)Sc1ccc(Cl)cc1. The summed E-state index contributed by atoms with van der Waals surface area (Å²) in [5.41, 5.74) is 0. The van der Waals surface area contributed by atoms with Gasteiger partial charge >= 0.3 is 0 Å². The van der Waals surface area contributed by atoms with Crippen molar-refractivity contribution in [3.8, 4) is 0 Å². The largest absolute Gasteiger partial charge is 0.283 e. The Morgan fingerprint density at radius 1 is 1.29 bits per heavy atom. The molecule has 0 radical (unpaired) electrons. The highest BCUT2D eigenvalue weighted by Gasteiger charge is 2.27. The summed E-state index contributed by atoms with van der Waals surface area (Å²) in [5.74, 6) is 0. The second kappa shape index (κ2) is 4.75. The summed E-state index contributed by atoms with van der Waals surface area (Å²) in [6.45, 7) is 1.45. The Kier molecular flexibility index (Phi) is 4.14. The van der Waals surface area contributed by atoms with Crippen molar-refractivity contribution in [3.05, 3.63) is 29.3 Å². The highest BCUT2D eigenvalue weighted by atomic mass is 35.5. The van der Waals surface area contributed by atoms with Gasteiger partial charge in [0.05, 0.1) is 0 Å². The topological polar surface area (TPSA) is 17.1 Å². The second-order valence-electron chi connectivity index (χ2n) is 2.73. The molecular formula is C9H7Cl3OS. The van der Waals surface area contributed by atoms with Crippen LogP contribution in [0.25, 0.3) is 0 Å². The molecule has 0 spiro atoms. The highest BCUT2D eigenvalue weighted by molar-refractivity contribution is 8.14. The minimum atomic E-state index is -1.36. The third-order valence-electron chi connectivity index (χ3n) is 1.38. The molecule has 1 aromatic carbocycles. The lowest BCUT2D eigenvalue weighted by atomic mass is 10.4. The van der Waals surface area contributed by atoms with Crippen molar-refractivity contribution in [2.24, 2.45) is 0 Å². The maximum Gasteiger partial charge on any atom is 0.229 e. The van der Waals surface area contributed by atoms with Gasteiger partial charge in [0.15, 0.2) is 4.33 Å². The van der Waals surface area contributed by atoms with Crippen LogP contribution in [-0.2, 0) is 4.79 Å². The van der Waals surface area contributed by atoms with Gasteiger partial charge in [0, 0.05) is 9.92 Å². The maximum absolute atomic E-state index is 11.4. The molecule has 14 heavy (non-hydrogen) atoms. The van der Waals surface area contributed by atoms with E-state index in [1.165, 1.54) is 6.92 Å². The van der Waals surface area contributed by atoms with Crippen LogP contribution in [0, 0.1) is 0 Å². The molecule has 0 amide bonds. The van der Waals surface area contributed by atoms with Crippen molar-refractivity contribution in [1.82, 2.24) is 0 Å². The second-order valence-corrected chi connectivity index (χ2v) is 5.92. The van der Waals surface area contributed by atoms with Gasteiger partial charge < -0.3 is 0 Å². The van der Waals surface area contributed by atoms with Gasteiger partial charge in [0.1, 0.15) is 0 Å². The van der Waals surface area contributed by atoms with Crippen LogP contribution in [-0.4, -0.2) is 9.45 Å². The molecule has 1 nitrogen and oxygen atoms in total. The fourth-order valence-corrected chi connectivity index (χ4v) is 1.72. The van der Waals surface area contributed by atoms with E-state index in [0.717, 1.165) is 16.7 Å². The van der Waals surface area contributed by atoms with E-state index >= 15 is 0 Å². The summed E-state index contributed by atoms with van der Waals surface area (Å²) in [6, 6.07) is 6.89. The zero-order chi connectivity index (χ0) is 10.8. The number of carbonyl (C=O) groups excluding carboxylic acids is 1. The van der Waals surface area contributed by atoms with E-state index in [1.54, 1.807) is 24.3 Å². The van der Waals surface area contributed by atoms with Gasteiger partial charge in [0.2, 0.25) is 5.12 Å². The third-order valence-corrected chi connectivity index (χ3v) is 3.30. The molecule has 5 heteroatoms. The first kappa shape index (κ1) is 12.2. The van der Waals surface area contributed by atoms with Crippen molar-refractivity contribution < 1.29 is 4.79 Å². The fourth-order valence-electron chi connectivity index (χ4n) is 0.699. The van der Waals surface area contributed by atoms with Crippen LogP contribution in [0.5, 0.6) is 0 Å². The zero-order valence-corrected chi connectivity index (χ0v) is 10.3. The number of halogens is 3. The van der Waals surface area contributed by atoms with Gasteiger partial charge in [-0.15, -0.1) is 0 Å². The first-order valence-corrected chi connectivity index (χ1v) is 5.70. The Bertz CT molecular complexity index is 329. The van der Waals surface area contributed by atoms with E-state index in [1.807, 2.05) is 0 Å². The van der Waals surface area contributed by atoms with Crippen LogP contribution in [0.4, 0.5) is 0 Å². The Morgan fingerprint density at radius 3 is 2.21 bits per heavy atom. The normalized spacial score (nSPS) is 11.4. The number of thioether (sulfide) groups is 1. The molecule has 0 saturated heterocycles. The van der Waals surface area contributed by atoms with Crippen molar-refractivity contribution in [3.63, 3.8) is 0 Å². The first-order chi connectivity index (χ1) is 6.39. The highest BCUT2D eigenvalue weighted by Crippen LogP contribution is 2.31. The van der Waals surface area contributed by atoms with Crippen molar-refractivity contribution in [2.45, 2.75) is 16.2 Å². The molecule has 1 aromatic rings. The minimum Gasteiger partial charge on any atom is -0.283 e. The Balaban J connectivity index is 2.71. The standard InChI is InChI=1S/C9H7Cl3OS/c1-9(11,12)8(13)14-7-4-2-6(10)3-5-7/h2-5H,1H3. The van der Waals surface area contributed by atoms with Crippen LogP contribution in [0.3, 0.4) is 0 Å². The van der Waals surface area contributed by atoms with Gasteiger partial charge in [-0.05, 0) is 43.0 Å². The molecule has 1 rings (SSSR count). The van der Waals surface area contributed by atoms with Gasteiger partial charge in [-0.3, -0.25) is 4.79 Å². The van der Waals surface area contributed by atoms with Crippen molar-refractivity contribution in [2.75, 3.05) is 0 Å². The fraction of sp³-hybridized carbons (Fsp3) is 0.222. The quantitative estimate of drug-likeness (QED) is 0.592. The number of rotatable bonds is 2. The molecule has 0 unspecified atom stereocenters. The lowest BCUT2D eigenvalue weighted by Gasteiger charge is -2.10. The molecule has 0 fully saturated rings. The molecule has 0 aliphatic heterocycles. The number of hydrogen-bond acceptors (Lipinski definition) is 2. The summed E-state index contributed by atoms with van der Waals surface area (Å²) in [5, 5.41) is 0.324. The van der Waals surface area contributed by atoms with E-state index in [4.69, 9.17) is 34.8 Å². The van der Waals surface area contributed by atoms with Gasteiger partial charge in [0.25, 0.3) is 0 Å². The van der Waals surface area contributed by atoms with E-state index in [0.29, 0.717) is 5.02 Å². The lowest BCUT2D eigenvalue weighted by molar-refractivity contribution is -0.111. The molecule has 0 bridgehead atoms. The Morgan fingerprint density at radius 2 is 1.79 bits per heavy atom. The third kappa shape index (κ3) is 3.70. The monoisotopic (exact) mass is 268 g/mol. The number of alkyl halides is 2. The van der Waals surface area contributed by atoms with E-state index in [2.05, 4.69) is 0 Å². The van der Waals surface area contributed by atoms with E-state index in [-0.39, 0.29) is 5.12 Å². The molecular weight excluding hydrogens is 263 g/mol. The summed E-state index contributed by atoms with van der Waals surface area (Å²) in [4.78, 5) is 12.2. The average molecular weight is 270 g/mol. The molecule has 0 aliphatic rings. The summed E-state index contributed by atoms with van der Waals surface area (Å²) in [6.07, 6.45) is 0. The van der Waals surface area contributed by atoms with Crippen LogP contribution < -0.4 is 0 Å². The zero-order valence-electron chi connectivity index (χ0n) is 7.26. The summed E-state index contributed by atoms with van der Waals surface area (Å²) < 4.78 is -1.36. The lowest BCUT2D eigenvalue weighted by Crippen LogP contribution is -2.17. The van der Waals surface area contributed by atoms with Crippen LogP contribution in [0.2, 0.25) is 5.02 Å². The Hall–Kier alpha value is 0.110. The van der Waals surface area contributed by atoms with Gasteiger partial charge in [-0.25, -0.2) is 0 Å². The molecule has 0 aliphatic carbocycles. The van der Waals surface area contributed by atoms with Crippen molar-refractivity contribution >= 4 is 51.7 Å². The van der Waals surface area contributed by atoms with Gasteiger partial charge in [-0.1, -0.05) is 34.8 Å². The minimum absolute atomic E-state index is 0.303. The summed E-state index contributed by atoms with van der Waals surface area (Å²) in [7, 11) is 0. The summed E-state index contributed by atoms with van der Waals surface area (Å²) >= 11 is 18.0.